The average Bonchev–Trinajstić information content (AvgIpc) is 3.48. The number of fused-ring (bicyclic) bond motifs is 1. The summed E-state index contributed by atoms with van der Waals surface area (Å²) >= 11 is 0. The van der Waals surface area contributed by atoms with Crippen LogP contribution in [-0.2, 0) is 31.6 Å². The predicted molar refractivity (Wildman–Crippen MR) is 144 cm³/mol. The average molecular weight is 545 g/mol. The van der Waals surface area contributed by atoms with Crippen LogP contribution in [0.25, 0.3) is 11.1 Å². The van der Waals surface area contributed by atoms with Gasteiger partial charge in [0.2, 0.25) is 0 Å². The van der Waals surface area contributed by atoms with Gasteiger partial charge in [-0.1, -0.05) is 43.3 Å². The summed E-state index contributed by atoms with van der Waals surface area (Å²) in [5.41, 5.74) is 1.82. The highest BCUT2D eigenvalue weighted by Gasteiger charge is 2.45. The number of anilines is 1. The molecular formula is C31H27F3N4O2. The highest BCUT2D eigenvalue weighted by atomic mass is 19.4. The number of rotatable bonds is 6. The van der Waals surface area contributed by atoms with E-state index in [2.05, 4.69) is 17.1 Å². The van der Waals surface area contributed by atoms with Crippen molar-refractivity contribution in [2.75, 3.05) is 4.90 Å². The number of aldehydes is 1. The first-order chi connectivity index (χ1) is 19.1. The molecule has 6 rings (SSSR count). The Labute approximate surface area is 229 Å². The molecule has 0 radical (unpaired) electrons. The van der Waals surface area contributed by atoms with E-state index in [1.165, 1.54) is 11.0 Å². The molecule has 1 fully saturated rings. The Hall–Kier alpha value is -4.27. The van der Waals surface area contributed by atoms with Crippen molar-refractivity contribution in [3.8, 4) is 11.1 Å². The molecule has 9 heteroatoms. The predicted octanol–water partition coefficient (Wildman–Crippen LogP) is 6.38. The third-order valence-electron chi connectivity index (χ3n) is 8.28. The molecule has 4 aromatic rings. The lowest BCUT2D eigenvalue weighted by Gasteiger charge is -2.47. The number of alkyl halides is 3. The van der Waals surface area contributed by atoms with E-state index >= 15 is 0 Å². The maximum Gasteiger partial charge on any atom is 0.416 e. The van der Waals surface area contributed by atoms with Gasteiger partial charge in [-0.2, -0.15) is 13.2 Å². The monoisotopic (exact) mass is 544 g/mol. The van der Waals surface area contributed by atoms with Gasteiger partial charge in [-0.15, -0.1) is 10.2 Å². The number of aromatic nitrogens is 3. The van der Waals surface area contributed by atoms with Crippen LogP contribution in [0.3, 0.4) is 0 Å². The van der Waals surface area contributed by atoms with Crippen LogP contribution in [0.15, 0.2) is 67.0 Å². The molecule has 1 amide bonds. The lowest BCUT2D eigenvalue weighted by molar-refractivity contribution is -0.138. The van der Waals surface area contributed by atoms with E-state index in [-0.39, 0.29) is 28.7 Å². The number of carbonyl (C=O) groups excluding carboxylic acids is 2. The summed E-state index contributed by atoms with van der Waals surface area (Å²) < 4.78 is 44.6. The van der Waals surface area contributed by atoms with Crippen molar-refractivity contribution in [3.05, 3.63) is 101 Å². The molecule has 6 nitrogen and oxygen atoms in total. The third-order valence-corrected chi connectivity index (χ3v) is 8.28. The lowest BCUT2D eigenvalue weighted by atomic mass is 9.57. The van der Waals surface area contributed by atoms with Crippen LogP contribution in [-0.4, -0.2) is 27.0 Å². The fraction of sp³-hybridized carbons (Fsp3) is 0.290. The van der Waals surface area contributed by atoms with Crippen molar-refractivity contribution in [2.24, 2.45) is 13.0 Å². The Kier molecular flexibility index (Phi) is 6.12. The smallest absolute Gasteiger partial charge is 0.321 e. The summed E-state index contributed by atoms with van der Waals surface area (Å²) in [5, 5.41) is 8.28. The summed E-state index contributed by atoms with van der Waals surface area (Å²) in [5.74, 6) is 0.932. The minimum atomic E-state index is -4.64. The molecule has 204 valence electrons. The summed E-state index contributed by atoms with van der Waals surface area (Å²) in [7, 11) is 1.91. The van der Waals surface area contributed by atoms with Gasteiger partial charge in [0.05, 0.1) is 12.1 Å². The van der Waals surface area contributed by atoms with E-state index in [9.17, 15) is 22.8 Å². The van der Waals surface area contributed by atoms with Gasteiger partial charge in [0, 0.05) is 35.7 Å². The van der Waals surface area contributed by atoms with Gasteiger partial charge in [-0.05, 0) is 65.3 Å². The van der Waals surface area contributed by atoms with Crippen LogP contribution >= 0.6 is 0 Å². The molecule has 0 N–H and O–H groups in total. The number of carbonyl (C=O) groups is 2. The Morgan fingerprint density at radius 2 is 1.80 bits per heavy atom. The van der Waals surface area contributed by atoms with Crippen LogP contribution in [0.1, 0.15) is 63.0 Å². The molecule has 2 aliphatic rings. The molecule has 1 aliphatic carbocycles. The summed E-state index contributed by atoms with van der Waals surface area (Å²) in [6.07, 6.45) is 0.290. The molecule has 2 heterocycles. The molecular weight excluding hydrogens is 517 g/mol. The minimum absolute atomic E-state index is 0.0257. The zero-order valence-corrected chi connectivity index (χ0v) is 22.1. The first-order valence-electron chi connectivity index (χ1n) is 13.1. The highest BCUT2D eigenvalue weighted by molar-refractivity contribution is 6.11. The van der Waals surface area contributed by atoms with Crippen LogP contribution in [0.5, 0.6) is 0 Å². The molecule has 0 spiro atoms. The minimum Gasteiger partial charge on any atom is -0.321 e. The van der Waals surface area contributed by atoms with Crippen molar-refractivity contribution in [2.45, 2.75) is 44.3 Å². The van der Waals surface area contributed by atoms with E-state index < -0.39 is 17.6 Å². The number of benzene rings is 3. The van der Waals surface area contributed by atoms with E-state index in [1.54, 1.807) is 36.7 Å². The van der Waals surface area contributed by atoms with Crippen molar-refractivity contribution in [1.82, 2.24) is 14.8 Å². The van der Waals surface area contributed by atoms with Crippen LogP contribution in [0.2, 0.25) is 0 Å². The number of halogens is 3. The van der Waals surface area contributed by atoms with Crippen molar-refractivity contribution in [3.63, 3.8) is 0 Å². The normalized spacial score (nSPS) is 20.4. The van der Waals surface area contributed by atoms with Gasteiger partial charge in [-0.25, -0.2) is 0 Å². The first-order valence-corrected chi connectivity index (χ1v) is 13.1. The van der Waals surface area contributed by atoms with E-state index in [4.69, 9.17) is 0 Å². The van der Waals surface area contributed by atoms with Gasteiger partial charge < -0.3 is 9.47 Å². The summed E-state index contributed by atoms with van der Waals surface area (Å²) in [4.78, 5) is 26.1. The molecule has 1 aromatic heterocycles. The van der Waals surface area contributed by atoms with Crippen LogP contribution in [0.4, 0.5) is 18.9 Å². The standard InChI is InChI=1S/C31H27F3N4O2/c1-19-13-30(14-19,15-28-36-35-18-37(28)2)23-4-3-5-24(12-23)38-16-26-25(29(38)40)10-22(11-27(26)31(32,33)34)21-8-6-20(17-39)7-9-21/h3-12,17-19H,13-16H2,1-2H3. The third kappa shape index (κ3) is 4.39. The zero-order chi connectivity index (χ0) is 28.2. The molecule has 3 aromatic carbocycles. The molecule has 0 saturated heterocycles. The number of hydrogen-bond acceptors (Lipinski definition) is 4. The van der Waals surface area contributed by atoms with Gasteiger partial charge >= 0.3 is 6.18 Å². The van der Waals surface area contributed by atoms with Crippen LogP contribution < -0.4 is 4.90 Å². The Morgan fingerprint density at radius 3 is 2.42 bits per heavy atom. The molecule has 0 unspecified atom stereocenters. The SMILES string of the molecule is CC1CC(Cc2nncn2C)(c2cccc(N3Cc4c(cc(-c5ccc(C=O)cc5)cc4C(F)(F)F)C3=O)c2)C1. The van der Waals surface area contributed by atoms with E-state index in [0.29, 0.717) is 35.4 Å². The Bertz CT molecular complexity index is 1620. The van der Waals surface area contributed by atoms with Crippen molar-refractivity contribution < 1.29 is 22.8 Å². The molecule has 40 heavy (non-hydrogen) atoms. The number of hydrogen-bond donors (Lipinski definition) is 0. The van der Waals surface area contributed by atoms with Gasteiger partial charge in [-0.3, -0.25) is 9.59 Å². The second kappa shape index (κ2) is 9.43. The summed E-state index contributed by atoms with van der Waals surface area (Å²) in [6, 6.07) is 16.5. The van der Waals surface area contributed by atoms with Gasteiger partial charge in [0.25, 0.3) is 5.91 Å². The quantitative estimate of drug-likeness (QED) is 0.264. The zero-order valence-electron chi connectivity index (χ0n) is 22.1. The number of nitrogens with zero attached hydrogens (tertiary/aromatic N) is 4. The van der Waals surface area contributed by atoms with E-state index in [1.807, 2.05) is 29.8 Å². The largest absolute Gasteiger partial charge is 0.416 e. The maximum absolute atomic E-state index is 14.2. The van der Waals surface area contributed by atoms with Crippen LogP contribution in [0, 0.1) is 5.92 Å². The second-order valence-corrected chi connectivity index (χ2v) is 11.1. The van der Waals surface area contributed by atoms with Gasteiger partial charge in [0.1, 0.15) is 18.4 Å². The Balaban J connectivity index is 1.37. The maximum atomic E-state index is 14.2. The molecule has 0 atom stereocenters. The Morgan fingerprint density at radius 1 is 1.05 bits per heavy atom. The fourth-order valence-electron chi connectivity index (χ4n) is 6.32. The molecule has 1 aliphatic heterocycles. The molecule has 0 bridgehead atoms. The number of aryl methyl sites for hydroxylation is 1. The fourth-order valence-corrected chi connectivity index (χ4v) is 6.32. The second-order valence-electron chi connectivity index (χ2n) is 11.1. The number of amides is 1. The van der Waals surface area contributed by atoms with Crippen molar-refractivity contribution >= 4 is 17.9 Å². The summed E-state index contributed by atoms with van der Waals surface area (Å²) in [6.45, 7) is 2.03. The lowest BCUT2D eigenvalue weighted by Crippen LogP contribution is -2.42. The molecule has 1 saturated carbocycles. The highest BCUT2D eigenvalue weighted by Crippen LogP contribution is 2.50. The first kappa shape index (κ1) is 26.0. The van der Waals surface area contributed by atoms with Crippen molar-refractivity contribution in [1.29, 1.82) is 0 Å². The van der Waals surface area contributed by atoms with Gasteiger partial charge in [0.15, 0.2) is 0 Å². The van der Waals surface area contributed by atoms with E-state index in [0.717, 1.165) is 30.3 Å². The topological polar surface area (TPSA) is 68.1 Å².